The maximum absolute atomic E-state index is 12.3. The second-order valence-corrected chi connectivity index (χ2v) is 7.48. The number of likely N-dealkylation sites (tertiary alicyclic amines) is 1. The van der Waals surface area contributed by atoms with E-state index in [0.29, 0.717) is 13.0 Å². The Hall–Kier alpha value is -0.970. The Morgan fingerprint density at radius 3 is 2.70 bits per heavy atom. The number of nitrogens with zero attached hydrogens (tertiary/aromatic N) is 1. The molecular weight excluding hydrogens is 308 g/mol. The topological polar surface area (TPSA) is 49.4 Å². The van der Waals surface area contributed by atoms with E-state index in [1.54, 1.807) is 11.8 Å². The number of unbranched alkanes of at least 4 members (excludes halogenated alkanes) is 5. The van der Waals surface area contributed by atoms with Crippen LogP contribution >= 0.6 is 11.8 Å². The van der Waals surface area contributed by atoms with Crippen molar-refractivity contribution in [2.75, 3.05) is 19.3 Å². The number of hydrogen-bond acceptors (Lipinski definition) is 4. The van der Waals surface area contributed by atoms with Gasteiger partial charge in [0.25, 0.3) is 0 Å². The van der Waals surface area contributed by atoms with E-state index in [9.17, 15) is 9.59 Å². The molecule has 4 nitrogen and oxygen atoms in total. The molecule has 0 aliphatic carbocycles. The number of allylic oxidation sites excluding steroid dienone is 1. The molecule has 0 aromatic carbocycles. The van der Waals surface area contributed by atoms with Gasteiger partial charge < -0.3 is 5.32 Å². The van der Waals surface area contributed by atoms with Crippen molar-refractivity contribution in [3.63, 3.8) is 0 Å². The molecule has 1 aliphatic heterocycles. The van der Waals surface area contributed by atoms with Crippen LogP contribution in [-0.4, -0.2) is 41.3 Å². The van der Waals surface area contributed by atoms with Crippen LogP contribution in [0, 0.1) is 0 Å². The quantitative estimate of drug-likeness (QED) is 0.406. The molecule has 0 radical (unpaired) electrons. The van der Waals surface area contributed by atoms with Gasteiger partial charge in [-0.25, -0.2) is 0 Å². The predicted octanol–water partition coefficient (Wildman–Crippen LogP) is 3.97. The first-order valence-corrected chi connectivity index (χ1v) is 9.96. The lowest BCUT2D eigenvalue weighted by Gasteiger charge is -2.14. The van der Waals surface area contributed by atoms with Crippen LogP contribution in [0.5, 0.6) is 0 Å². The summed E-state index contributed by atoms with van der Waals surface area (Å²) in [5.41, 5.74) is 1.08. The summed E-state index contributed by atoms with van der Waals surface area (Å²) >= 11 is 1.66. The smallest absolute Gasteiger partial charge is 0.242 e. The first kappa shape index (κ1) is 20.1. The molecule has 0 bridgehead atoms. The van der Waals surface area contributed by atoms with E-state index in [0.717, 1.165) is 50.0 Å². The highest BCUT2D eigenvalue weighted by molar-refractivity contribution is 8.00. The lowest BCUT2D eigenvalue weighted by Crippen LogP contribution is -2.32. The van der Waals surface area contributed by atoms with Crippen LogP contribution in [-0.2, 0) is 9.59 Å². The fourth-order valence-corrected chi connectivity index (χ4v) is 3.87. The summed E-state index contributed by atoms with van der Waals surface area (Å²) in [6, 6.07) is 0. The Morgan fingerprint density at radius 2 is 2.00 bits per heavy atom. The van der Waals surface area contributed by atoms with Gasteiger partial charge in [-0.1, -0.05) is 39.2 Å². The summed E-state index contributed by atoms with van der Waals surface area (Å²) in [7, 11) is 1.90. The molecule has 1 saturated heterocycles. The van der Waals surface area contributed by atoms with E-state index in [4.69, 9.17) is 0 Å². The third-order valence-corrected chi connectivity index (χ3v) is 5.53. The summed E-state index contributed by atoms with van der Waals surface area (Å²) in [6.07, 6.45) is 9.15. The zero-order valence-corrected chi connectivity index (χ0v) is 15.6. The Kier molecular flexibility index (Phi) is 10.1. The number of hydrogen-bond donors (Lipinski definition) is 1. The van der Waals surface area contributed by atoms with Gasteiger partial charge in [0.05, 0.1) is 5.25 Å². The van der Waals surface area contributed by atoms with Crippen LogP contribution in [0.15, 0.2) is 12.3 Å². The highest BCUT2D eigenvalue weighted by Gasteiger charge is 2.37. The van der Waals surface area contributed by atoms with Gasteiger partial charge >= 0.3 is 0 Å². The molecule has 1 rings (SSSR count). The number of nitrogens with one attached hydrogen (secondary N) is 1. The monoisotopic (exact) mass is 342 g/mol. The molecule has 0 saturated carbocycles. The van der Waals surface area contributed by atoms with Crippen molar-refractivity contribution in [3.05, 3.63) is 12.3 Å². The van der Waals surface area contributed by atoms with Gasteiger partial charge in [-0.15, -0.1) is 11.8 Å². The Bertz CT molecular complexity index is 404. The average Bonchev–Trinajstić information content (AvgIpc) is 2.81. The molecule has 0 aromatic rings. The van der Waals surface area contributed by atoms with E-state index in [1.807, 2.05) is 7.05 Å². The van der Waals surface area contributed by atoms with Crippen LogP contribution in [0.4, 0.5) is 0 Å². The lowest BCUT2D eigenvalue weighted by atomic mass is 10.2. The average molecular weight is 343 g/mol. The molecule has 1 unspecified atom stereocenters. The number of carbonyl (C=O) groups excluding carboxylic acids is 2. The maximum Gasteiger partial charge on any atom is 0.242 e. The van der Waals surface area contributed by atoms with Gasteiger partial charge in [-0.3, -0.25) is 14.5 Å². The minimum absolute atomic E-state index is 0. The van der Waals surface area contributed by atoms with Crippen molar-refractivity contribution >= 4 is 23.6 Å². The van der Waals surface area contributed by atoms with Crippen molar-refractivity contribution in [1.29, 1.82) is 0 Å². The van der Waals surface area contributed by atoms with Crippen molar-refractivity contribution < 1.29 is 11.0 Å². The Labute approximate surface area is 146 Å². The Morgan fingerprint density at radius 1 is 1.26 bits per heavy atom. The Balaban J connectivity index is 0.00000529. The maximum atomic E-state index is 12.3. The molecule has 1 atom stereocenters. The summed E-state index contributed by atoms with van der Waals surface area (Å²) in [5.74, 6) is 1.02. The fourth-order valence-electron chi connectivity index (χ4n) is 2.68. The third-order valence-electron chi connectivity index (χ3n) is 4.23. The van der Waals surface area contributed by atoms with Crippen LogP contribution < -0.4 is 5.32 Å². The highest BCUT2D eigenvalue weighted by Crippen LogP contribution is 2.26. The first-order chi connectivity index (χ1) is 11.1. The zero-order valence-electron chi connectivity index (χ0n) is 14.7. The molecule has 23 heavy (non-hydrogen) atoms. The largest absolute Gasteiger partial charge is 0.392 e. The second-order valence-electron chi connectivity index (χ2n) is 6.17. The molecule has 1 N–H and O–H groups in total. The van der Waals surface area contributed by atoms with Crippen LogP contribution in [0.2, 0.25) is 0 Å². The van der Waals surface area contributed by atoms with Gasteiger partial charge in [-0.05, 0) is 31.4 Å². The molecule has 0 aromatic heterocycles. The van der Waals surface area contributed by atoms with Crippen molar-refractivity contribution in [2.24, 2.45) is 0 Å². The molecule has 0 spiro atoms. The summed E-state index contributed by atoms with van der Waals surface area (Å²) in [5, 5.41) is 2.92. The first-order valence-electron chi connectivity index (χ1n) is 8.91. The van der Waals surface area contributed by atoms with E-state index < -0.39 is 0 Å². The predicted molar refractivity (Wildman–Crippen MR) is 101 cm³/mol. The minimum Gasteiger partial charge on any atom is -0.392 e. The van der Waals surface area contributed by atoms with E-state index in [-0.39, 0.29) is 18.5 Å². The molecule has 134 valence electrons. The number of rotatable bonds is 13. The van der Waals surface area contributed by atoms with Crippen LogP contribution in [0.1, 0.15) is 66.1 Å². The second kappa shape index (κ2) is 11.5. The number of carbonyl (C=O) groups is 2. The van der Waals surface area contributed by atoms with Crippen molar-refractivity contribution in [2.45, 2.75) is 70.0 Å². The SMILES string of the molecule is C=C(CCCCCSC1CC(=O)N(CCCCCC)C1=O)NC.[HH]. The van der Waals surface area contributed by atoms with E-state index >= 15 is 0 Å². The summed E-state index contributed by atoms with van der Waals surface area (Å²) in [6.45, 7) is 6.68. The lowest BCUT2D eigenvalue weighted by molar-refractivity contribution is -0.138. The van der Waals surface area contributed by atoms with E-state index in [1.165, 1.54) is 17.7 Å². The molecule has 2 amide bonds. The zero-order chi connectivity index (χ0) is 17.1. The van der Waals surface area contributed by atoms with Crippen LogP contribution in [0.25, 0.3) is 0 Å². The number of thioether (sulfide) groups is 1. The van der Waals surface area contributed by atoms with E-state index in [2.05, 4.69) is 18.8 Å². The van der Waals surface area contributed by atoms with Gasteiger partial charge in [-0.2, -0.15) is 0 Å². The number of imide groups is 1. The molecule has 5 heteroatoms. The fraction of sp³-hybridized carbons (Fsp3) is 0.778. The van der Waals surface area contributed by atoms with Crippen LogP contribution in [0.3, 0.4) is 0 Å². The minimum atomic E-state index is -0.138. The van der Waals surface area contributed by atoms with Gasteiger partial charge in [0, 0.05) is 27.1 Å². The molecule has 1 fully saturated rings. The van der Waals surface area contributed by atoms with Gasteiger partial charge in [0.15, 0.2) is 0 Å². The summed E-state index contributed by atoms with van der Waals surface area (Å²) in [4.78, 5) is 25.8. The number of amides is 2. The van der Waals surface area contributed by atoms with Gasteiger partial charge in [0.2, 0.25) is 11.8 Å². The molecule has 1 heterocycles. The van der Waals surface area contributed by atoms with Gasteiger partial charge in [0.1, 0.15) is 0 Å². The molecule has 1 aliphatic rings. The third kappa shape index (κ3) is 7.42. The normalized spacial score (nSPS) is 17.8. The standard InChI is InChI=1S/C18H32N2O2S.H2/c1-4-5-6-9-12-20-17(21)14-16(18(20)22)23-13-10-7-8-11-15(2)19-3;/h16,19H,2,4-14H2,1,3H3;1H. The molecular formula is C18H34N2O2S. The summed E-state index contributed by atoms with van der Waals surface area (Å²) < 4.78 is 0. The van der Waals surface area contributed by atoms with Crippen molar-refractivity contribution in [1.82, 2.24) is 10.2 Å². The van der Waals surface area contributed by atoms with Crippen molar-refractivity contribution in [3.8, 4) is 0 Å². The highest BCUT2D eigenvalue weighted by atomic mass is 32.2.